The van der Waals surface area contributed by atoms with Gasteiger partial charge >= 0.3 is 0 Å². The fraction of sp³-hybridized carbons (Fsp3) is 0.304. The Bertz CT molecular complexity index is 1320. The van der Waals surface area contributed by atoms with Crippen LogP contribution in [0.3, 0.4) is 0 Å². The van der Waals surface area contributed by atoms with E-state index in [9.17, 15) is 9.65 Å². The molecule has 0 saturated carbocycles. The lowest BCUT2D eigenvalue weighted by molar-refractivity contribution is 0.474. The molecule has 0 N–H and O–H groups in total. The van der Waals surface area contributed by atoms with Crippen LogP contribution in [-0.2, 0) is 14.1 Å². The second-order valence-electron chi connectivity index (χ2n) is 8.16. The third-order valence-electron chi connectivity index (χ3n) is 6.08. The average molecular weight is 443 g/mol. The predicted molar refractivity (Wildman–Crippen MR) is 120 cm³/mol. The largest absolute Gasteiger partial charge is 0.369 e. The molecule has 0 aliphatic carbocycles. The highest BCUT2D eigenvalue weighted by molar-refractivity contribution is 5.86. The molecule has 33 heavy (non-hydrogen) atoms. The Morgan fingerprint density at radius 2 is 1.91 bits per heavy atom. The number of aromatic nitrogens is 7. The van der Waals surface area contributed by atoms with E-state index in [2.05, 4.69) is 31.2 Å². The molecule has 0 radical (unpaired) electrons. The first-order valence-electron chi connectivity index (χ1n) is 10.7. The van der Waals surface area contributed by atoms with Crippen LogP contribution in [0.5, 0.6) is 0 Å². The van der Waals surface area contributed by atoms with Crippen molar-refractivity contribution in [3.05, 3.63) is 60.5 Å². The van der Waals surface area contributed by atoms with Crippen molar-refractivity contribution in [2.75, 3.05) is 18.0 Å². The Morgan fingerprint density at radius 3 is 2.52 bits per heavy atom. The summed E-state index contributed by atoms with van der Waals surface area (Å²) >= 11 is 0. The molecule has 1 fully saturated rings. The number of nitrogens with zero attached hydrogens (tertiary/aromatic N) is 9. The van der Waals surface area contributed by atoms with Crippen molar-refractivity contribution < 1.29 is 4.39 Å². The average Bonchev–Trinajstić information content (AvgIpc) is 3.47. The van der Waals surface area contributed by atoms with E-state index in [4.69, 9.17) is 4.98 Å². The molecule has 1 aliphatic heterocycles. The third-order valence-corrected chi connectivity index (χ3v) is 6.08. The van der Waals surface area contributed by atoms with E-state index in [0.717, 1.165) is 37.4 Å². The number of halogens is 1. The molecule has 0 atom stereocenters. The molecular formula is C23H22FN9. The standard InChI is InChI=1S/C23H22FN9/c1-31-14-28-29-23(31)15-5-9-33(10-6-15)22-17(11-25)18(19-7-8-32(2)30-19)13-27-21(22)16-3-4-20(24)26-12-16/h3-4,7-8,12-15H,5-6,9-10H2,1-2H3. The van der Waals surface area contributed by atoms with E-state index in [1.165, 1.54) is 12.3 Å². The molecule has 166 valence electrons. The third kappa shape index (κ3) is 3.82. The topological polar surface area (TPSA) is 101 Å². The molecule has 5 heterocycles. The summed E-state index contributed by atoms with van der Waals surface area (Å²) in [4.78, 5) is 10.7. The summed E-state index contributed by atoms with van der Waals surface area (Å²) in [6.07, 6.45) is 8.40. The number of piperidine rings is 1. The Balaban J connectivity index is 1.58. The quantitative estimate of drug-likeness (QED) is 0.447. The van der Waals surface area contributed by atoms with Gasteiger partial charge in [0.05, 0.1) is 22.6 Å². The summed E-state index contributed by atoms with van der Waals surface area (Å²) in [5.41, 5.74) is 3.84. The molecule has 9 nitrogen and oxygen atoms in total. The SMILES string of the molecule is Cn1ccc(-c2cnc(-c3ccc(F)nc3)c(N3CCC(c4nncn4C)CC3)c2C#N)n1. The first-order valence-corrected chi connectivity index (χ1v) is 10.7. The van der Waals surface area contributed by atoms with Crippen molar-refractivity contribution in [3.63, 3.8) is 0 Å². The van der Waals surface area contributed by atoms with Gasteiger partial charge in [0, 0.05) is 62.8 Å². The van der Waals surface area contributed by atoms with Gasteiger partial charge in [0.25, 0.3) is 0 Å². The summed E-state index contributed by atoms with van der Waals surface area (Å²) in [7, 11) is 3.79. The fourth-order valence-electron chi connectivity index (χ4n) is 4.42. The van der Waals surface area contributed by atoms with Gasteiger partial charge in [-0.1, -0.05) is 0 Å². The van der Waals surface area contributed by atoms with Crippen LogP contribution in [0.2, 0.25) is 0 Å². The molecule has 5 rings (SSSR count). The van der Waals surface area contributed by atoms with Crippen LogP contribution in [-0.4, -0.2) is 47.6 Å². The lowest BCUT2D eigenvalue weighted by Crippen LogP contribution is -2.34. The maximum Gasteiger partial charge on any atom is 0.212 e. The van der Waals surface area contributed by atoms with Gasteiger partial charge in [0.15, 0.2) is 0 Å². The van der Waals surface area contributed by atoms with E-state index in [-0.39, 0.29) is 0 Å². The number of aryl methyl sites for hydroxylation is 2. The molecule has 0 bridgehead atoms. The van der Waals surface area contributed by atoms with E-state index in [0.29, 0.717) is 34.0 Å². The maximum atomic E-state index is 13.5. The molecule has 1 aliphatic rings. The summed E-state index contributed by atoms with van der Waals surface area (Å²) in [6.45, 7) is 1.45. The molecular weight excluding hydrogens is 421 g/mol. The van der Waals surface area contributed by atoms with Crippen LogP contribution < -0.4 is 4.90 Å². The summed E-state index contributed by atoms with van der Waals surface area (Å²) in [5, 5.41) is 23.0. The van der Waals surface area contributed by atoms with Gasteiger partial charge in [-0.15, -0.1) is 10.2 Å². The fourth-order valence-corrected chi connectivity index (χ4v) is 4.42. The zero-order chi connectivity index (χ0) is 22.9. The minimum Gasteiger partial charge on any atom is -0.369 e. The molecule has 10 heteroatoms. The molecule has 4 aromatic rings. The van der Waals surface area contributed by atoms with Crippen molar-refractivity contribution in [1.82, 2.24) is 34.5 Å². The second kappa shape index (κ2) is 8.43. The molecule has 0 unspecified atom stereocenters. The smallest absolute Gasteiger partial charge is 0.212 e. The van der Waals surface area contributed by atoms with E-state index < -0.39 is 5.95 Å². The van der Waals surface area contributed by atoms with E-state index in [1.54, 1.807) is 23.3 Å². The van der Waals surface area contributed by atoms with Gasteiger partial charge < -0.3 is 9.47 Å². The zero-order valence-corrected chi connectivity index (χ0v) is 18.4. The van der Waals surface area contributed by atoms with Crippen LogP contribution in [0.25, 0.3) is 22.5 Å². The van der Waals surface area contributed by atoms with Gasteiger partial charge in [0.2, 0.25) is 5.95 Å². The van der Waals surface area contributed by atoms with Gasteiger partial charge in [-0.2, -0.15) is 14.8 Å². The van der Waals surface area contributed by atoms with Crippen molar-refractivity contribution in [1.29, 1.82) is 5.26 Å². The Hall–Kier alpha value is -4.13. The highest BCUT2D eigenvalue weighted by Crippen LogP contribution is 2.39. The lowest BCUT2D eigenvalue weighted by Gasteiger charge is -2.34. The van der Waals surface area contributed by atoms with E-state index in [1.807, 2.05) is 30.9 Å². The van der Waals surface area contributed by atoms with Crippen LogP contribution in [0.1, 0.15) is 30.1 Å². The van der Waals surface area contributed by atoms with Crippen LogP contribution in [0, 0.1) is 17.3 Å². The minimum atomic E-state index is -0.560. The molecule has 4 aromatic heterocycles. The zero-order valence-electron chi connectivity index (χ0n) is 18.4. The monoisotopic (exact) mass is 443 g/mol. The summed E-state index contributed by atoms with van der Waals surface area (Å²) < 4.78 is 17.1. The summed E-state index contributed by atoms with van der Waals surface area (Å²) in [5.74, 6) is 0.705. The highest BCUT2D eigenvalue weighted by atomic mass is 19.1. The number of rotatable bonds is 4. The summed E-state index contributed by atoms with van der Waals surface area (Å²) in [6, 6.07) is 7.20. The number of hydrogen-bond acceptors (Lipinski definition) is 7. The number of nitriles is 1. The van der Waals surface area contributed by atoms with Crippen molar-refractivity contribution in [2.45, 2.75) is 18.8 Å². The van der Waals surface area contributed by atoms with Gasteiger partial charge in [-0.05, 0) is 31.0 Å². The van der Waals surface area contributed by atoms with Crippen molar-refractivity contribution >= 4 is 5.69 Å². The molecule has 0 spiro atoms. The van der Waals surface area contributed by atoms with Gasteiger partial charge in [-0.25, -0.2) is 4.98 Å². The first-order chi connectivity index (χ1) is 16.0. The van der Waals surface area contributed by atoms with Crippen LogP contribution >= 0.6 is 0 Å². The lowest BCUT2D eigenvalue weighted by atomic mass is 9.93. The number of hydrogen-bond donors (Lipinski definition) is 0. The van der Waals surface area contributed by atoms with Crippen molar-refractivity contribution in [3.8, 4) is 28.6 Å². The number of anilines is 1. The van der Waals surface area contributed by atoms with Crippen LogP contribution in [0.15, 0.2) is 43.1 Å². The minimum absolute atomic E-state index is 0.294. The highest BCUT2D eigenvalue weighted by Gasteiger charge is 2.29. The molecule has 0 aromatic carbocycles. The predicted octanol–water partition coefficient (Wildman–Crippen LogP) is 3.07. The maximum absolute atomic E-state index is 13.5. The molecule has 1 saturated heterocycles. The Morgan fingerprint density at radius 1 is 1.09 bits per heavy atom. The molecule has 0 amide bonds. The van der Waals surface area contributed by atoms with Gasteiger partial charge in [-0.3, -0.25) is 9.67 Å². The van der Waals surface area contributed by atoms with Crippen molar-refractivity contribution in [2.24, 2.45) is 14.1 Å². The first kappa shape index (κ1) is 20.8. The Labute approximate surface area is 190 Å². The van der Waals surface area contributed by atoms with Crippen LogP contribution in [0.4, 0.5) is 10.1 Å². The number of pyridine rings is 2. The normalized spacial score (nSPS) is 14.4. The second-order valence-corrected chi connectivity index (χ2v) is 8.16. The van der Waals surface area contributed by atoms with E-state index >= 15 is 0 Å². The van der Waals surface area contributed by atoms with Gasteiger partial charge in [0.1, 0.15) is 18.2 Å². The Kier molecular flexibility index (Phi) is 5.30.